The van der Waals surface area contributed by atoms with Crippen molar-refractivity contribution in [3.63, 3.8) is 0 Å². The van der Waals surface area contributed by atoms with Crippen LogP contribution in [0, 0.1) is 0 Å². The summed E-state index contributed by atoms with van der Waals surface area (Å²) in [7, 11) is 0. The molecular formula is C11H12N2O4. The standard InChI is InChI=1S/C7H7NO2.C4H5NO2/c8-6-4-2-1-3-5(6)7(9)10;6-3-1-2-4(7)5-3/h1-4H,8H2,(H,9,10);1-2H2,(H,5,6,7). The van der Waals surface area contributed by atoms with Crippen LogP contribution in [0.3, 0.4) is 0 Å². The van der Waals surface area contributed by atoms with Crippen molar-refractivity contribution in [1.29, 1.82) is 0 Å². The molecule has 0 atom stereocenters. The van der Waals surface area contributed by atoms with E-state index < -0.39 is 5.97 Å². The molecule has 4 N–H and O–H groups in total. The molecule has 1 saturated heterocycles. The van der Waals surface area contributed by atoms with Crippen LogP contribution in [0.2, 0.25) is 0 Å². The summed E-state index contributed by atoms with van der Waals surface area (Å²) in [5, 5.41) is 10.6. The first-order chi connectivity index (χ1) is 8.00. The molecule has 1 fully saturated rings. The van der Waals surface area contributed by atoms with Gasteiger partial charge in [-0.3, -0.25) is 14.9 Å². The van der Waals surface area contributed by atoms with Crippen LogP contribution in [0.5, 0.6) is 0 Å². The third kappa shape index (κ3) is 3.94. The largest absolute Gasteiger partial charge is 0.478 e. The van der Waals surface area contributed by atoms with E-state index in [9.17, 15) is 14.4 Å². The van der Waals surface area contributed by atoms with Crippen molar-refractivity contribution in [2.75, 3.05) is 5.73 Å². The minimum Gasteiger partial charge on any atom is -0.478 e. The summed E-state index contributed by atoms with van der Waals surface area (Å²) < 4.78 is 0. The Morgan fingerprint density at radius 1 is 1.18 bits per heavy atom. The molecular weight excluding hydrogens is 224 g/mol. The van der Waals surface area contributed by atoms with Gasteiger partial charge in [-0.2, -0.15) is 0 Å². The van der Waals surface area contributed by atoms with Crippen LogP contribution in [-0.2, 0) is 9.59 Å². The fourth-order valence-corrected chi connectivity index (χ4v) is 1.20. The second kappa shape index (κ2) is 5.64. The number of nitrogens with two attached hydrogens (primary N) is 1. The molecule has 0 aromatic heterocycles. The van der Waals surface area contributed by atoms with E-state index in [2.05, 4.69) is 5.32 Å². The molecule has 1 heterocycles. The normalized spacial score (nSPS) is 13.6. The topological polar surface area (TPSA) is 109 Å². The third-order valence-electron chi connectivity index (χ3n) is 2.05. The van der Waals surface area contributed by atoms with E-state index in [1.54, 1.807) is 18.2 Å². The molecule has 0 saturated carbocycles. The van der Waals surface area contributed by atoms with Gasteiger partial charge in [-0.25, -0.2) is 4.79 Å². The summed E-state index contributed by atoms with van der Waals surface area (Å²) in [6, 6.07) is 6.36. The zero-order valence-corrected chi connectivity index (χ0v) is 8.97. The maximum atomic E-state index is 10.3. The van der Waals surface area contributed by atoms with Crippen LogP contribution < -0.4 is 11.1 Å². The Balaban J connectivity index is 0.000000181. The van der Waals surface area contributed by atoms with Crippen molar-refractivity contribution in [2.24, 2.45) is 0 Å². The lowest BCUT2D eigenvalue weighted by Crippen LogP contribution is -2.18. The highest BCUT2D eigenvalue weighted by molar-refractivity contribution is 6.01. The maximum Gasteiger partial charge on any atom is 0.337 e. The molecule has 0 radical (unpaired) electrons. The average Bonchev–Trinajstić information content (AvgIpc) is 2.63. The number of carbonyl (C=O) groups excluding carboxylic acids is 2. The van der Waals surface area contributed by atoms with Crippen molar-refractivity contribution in [2.45, 2.75) is 12.8 Å². The minimum absolute atomic E-state index is 0.148. The molecule has 2 rings (SSSR count). The van der Waals surface area contributed by atoms with E-state index in [0.29, 0.717) is 18.5 Å². The molecule has 2 amide bonds. The van der Waals surface area contributed by atoms with E-state index in [-0.39, 0.29) is 17.4 Å². The predicted molar refractivity (Wildman–Crippen MR) is 60.2 cm³/mol. The number of imide groups is 1. The van der Waals surface area contributed by atoms with Gasteiger partial charge in [0.05, 0.1) is 5.56 Å². The van der Waals surface area contributed by atoms with E-state index in [1.165, 1.54) is 6.07 Å². The van der Waals surface area contributed by atoms with E-state index in [1.807, 2.05) is 0 Å². The van der Waals surface area contributed by atoms with Crippen molar-refractivity contribution < 1.29 is 19.5 Å². The zero-order valence-electron chi connectivity index (χ0n) is 8.97. The summed E-state index contributed by atoms with van der Waals surface area (Å²) in [5.41, 5.74) is 5.80. The molecule has 1 aliphatic rings. The Morgan fingerprint density at radius 2 is 1.71 bits per heavy atom. The Kier molecular flexibility index (Phi) is 4.21. The molecule has 90 valence electrons. The van der Waals surface area contributed by atoms with Crippen LogP contribution in [0.4, 0.5) is 5.69 Å². The summed E-state index contributed by atoms with van der Waals surface area (Å²) in [6.07, 6.45) is 0.748. The number of aromatic carboxylic acids is 1. The SMILES string of the molecule is Nc1ccccc1C(=O)O.O=C1CCC(=O)N1. The van der Waals surface area contributed by atoms with Crippen molar-refractivity contribution >= 4 is 23.5 Å². The van der Waals surface area contributed by atoms with Gasteiger partial charge in [0.15, 0.2) is 0 Å². The predicted octanol–water partition coefficient (Wildman–Crippen LogP) is 0.390. The number of carboxylic acids is 1. The molecule has 0 bridgehead atoms. The molecule has 6 heteroatoms. The van der Waals surface area contributed by atoms with Gasteiger partial charge in [0.1, 0.15) is 0 Å². The summed E-state index contributed by atoms with van der Waals surface area (Å²) in [6.45, 7) is 0. The van der Waals surface area contributed by atoms with Gasteiger partial charge in [-0.1, -0.05) is 12.1 Å². The lowest BCUT2D eigenvalue weighted by molar-refractivity contribution is -0.124. The van der Waals surface area contributed by atoms with Crippen LogP contribution >= 0.6 is 0 Å². The lowest BCUT2D eigenvalue weighted by Gasteiger charge is -1.96. The lowest BCUT2D eigenvalue weighted by atomic mass is 10.2. The molecule has 0 aliphatic carbocycles. The highest BCUT2D eigenvalue weighted by Gasteiger charge is 2.15. The first-order valence-electron chi connectivity index (χ1n) is 4.91. The van der Waals surface area contributed by atoms with Gasteiger partial charge in [0, 0.05) is 18.5 Å². The number of amides is 2. The van der Waals surface area contributed by atoms with E-state index in [4.69, 9.17) is 10.8 Å². The summed E-state index contributed by atoms with van der Waals surface area (Å²) in [5.74, 6) is -1.28. The summed E-state index contributed by atoms with van der Waals surface area (Å²) in [4.78, 5) is 30.6. The number of hydrogen-bond acceptors (Lipinski definition) is 4. The quantitative estimate of drug-likeness (QED) is 0.482. The Bertz CT molecular complexity index is 443. The first kappa shape index (κ1) is 12.7. The van der Waals surface area contributed by atoms with Crippen LogP contribution in [0.25, 0.3) is 0 Å². The molecule has 6 nitrogen and oxygen atoms in total. The molecule has 0 unspecified atom stereocenters. The highest BCUT2D eigenvalue weighted by atomic mass is 16.4. The number of anilines is 1. The zero-order chi connectivity index (χ0) is 12.8. The Hall–Kier alpha value is -2.37. The summed E-state index contributed by atoms with van der Waals surface area (Å²) >= 11 is 0. The van der Waals surface area contributed by atoms with Gasteiger partial charge in [-0.15, -0.1) is 0 Å². The number of para-hydroxylation sites is 1. The smallest absolute Gasteiger partial charge is 0.337 e. The van der Waals surface area contributed by atoms with Crippen LogP contribution in [0.15, 0.2) is 24.3 Å². The Morgan fingerprint density at radius 3 is 2.00 bits per heavy atom. The molecule has 1 aromatic rings. The average molecular weight is 236 g/mol. The van der Waals surface area contributed by atoms with Gasteiger partial charge in [0.25, 0.3) is 0 Å². The number of hydrogen-bond donors (Lipinski definition) is 3. The minimum atomic E-state index is -0.988. The van der Waals surface area contributed by atoms with Crippen LogP contribution in [-0.4, -0.2) is 22.9 Å². The number of nitrogen functional groups attached to an aromatic ring is 1. The number of rotatable bonds is 1. The first-order valence-corrected chi connectivity index (χ1v) is 4.91. The van der Waals surface area contributed by atoms with E-state index >= 15 is 0 Å². The number of carbonyl (C=O) groups is 3. The van der Waals surface area contributed by atoms with Crippen molar-refractivity contribution in [3.05, 3.63) is 29.8 Å². The fourth-order valence-electron chi connectivity index (χ4n) is 1.20. The van der Waals surface area contributed by atoms with Gasteiger partial charge < -0.3 is 10.8 Å². The second-order valence-electron chi connectivity index (χ2n) is 3.36. The van der Waals surface area contributed by atoms with Crippen LogP contribution in [0.1, 0.15) is 23.2 Å². The van der Waals surface area contributed by atoms with Gasteiger partial charge in [-0.05, 0) is 12.1 Å². The number of carboxylic acid groups (broad SMARTS) is 1. The van der Waals surface area contributed by atoms with Gasteiger partial charge in [0.2, 0.25) is 11.8 Å². The van der Waals surface area contributed by atoms with Crippen molar-refractivity contribution in [1.82, 2.24) is 5.32 Å². The monoisotopic (exact) mass is 236 g/mol. The molecule has 0 spiro atoms. The number of nitrogens with one attached hydrogen (secondary N) is 1. The molecule has 1 aliphatic heterocycles. The third-order valence-corrected chi connectivity index (χ3v) is 2.05. The Labute approximate surface area is 97.4 Å². The number of benzene rings is 1. The highest BCUT2D eigenvalue weighted by Crippen LogP contribution is 2.09. The van der Waals surface area contributed by atoms with E-state index in [0.717, 1.165) is 0 Å². The fraction of sp³-hybridized carbons (Fsp3) is 0.182. The molecule has 17 heavy (non-hydrogen) atoms. The molecule has 1 aromatic carbocycles. The van der Waals surface area contributed by atoms with Crippen molar-refractivity contribution in [3.8, 4) is 0 Å². The second-order valence-corrected chi connectivity index (χ2v) is 3.36. The van der Waals surface area contributed by atoms with Gasteiger partial charge >= 0.3 is 5.97 Å². The maximum absolute atomic E-state index is 10.3.